The van der Waals surface area contributed by atoms with E-state index in [9.17, 15) is 26.4 Å². The molecule has 1 aliphatic rings. The van der Waals surface area contributed by atoms with Crippen molar-refractivity contribution in [2.24, 2.45) is 5.92 Å². The van der Waals surface area contributed by atoms with Gasteiger partial charge in [-0.15, -0.1) is 11.3 Å². The lowest BCUT2D eigenvalue weighted by atomic mass is 9.85. The Bertz CT molecular complexity index is 686. The molecule has 0 aliphatic heterocycles. The minimum Gasteiger partial charge on any atom is -0.351 e. The summed E-state index contributed by atoms with van der Waals surface area (Å²) in [5.41, 5.74) is 0. The van der Waals surface area contributed by atoms with Gasteiger partial charge in [0.25, 0.3) is 0 Å². The molecule has 0 saturated heterocycles. The van der Waals surface area contributed by atoms with Crippen LogP contribution in [0.25, 0.3) is 0 Å². The van der Waals surface area contributed by atoms with Crippen molar-refractivity contribution < 1.29 is 26.4 Å². The topological polar surface area (TPSA) is 75.3 Å². The highest BCUT2D eigenvalue weighted by Crippen LogP contribution is 2.38. The third kappa shape index (κ3) is 4.93. The highest BCUT2D eigenvalue weighted by molar-refractivity contribution is 7.91. The van der Waals surface area contributed by atoms with Crippen LogP contribution in [0.4, 0.5) is 13.2 Å². The van der Waals surface area contributed by atoms with E-state index in [0.717, 1.165) is 11.3 Å². The monoisotopic (exact) mass is 384 g/mol. The Balaban J connectivity index is 2.11. The number of sulfonamides is 1. The quantitative estimate of drug-likeness (QED) is 0.820. The normalized spacial score (nSPS) is 22.3. The standard InChI is InChI=1S/C14H19F3N2O3S2/c1-9(20)18-8-10-6-7-13(23-10)24(21,22)19-12-5-3-2-4-11(12)14(15,16)17/h6-7,11-12,19H,2-5,8H2,1H3,(H,18,20). The largest absolute Gasteiger partial charge is 0.393 e. The average molecular weight is 384 g/mol. The smallest absolute Gasteiger partial charge is 0.351 e. The van der Waals surface area contributed by atoms with E-state index < -0.39 is 28.2 Å². The molecule has 1 heterocycles. The summed E-state index contributed by atoms with van der Waals surface area (Å²) in [6, 6.07) is 1.75. The Morgan fingerprint density at radius 1 is 1.29 bits per heavy atom. The van der Waals surface area contributed by atoms with Gasteiger partial charge in [0.05, 0.1) is 12.5 Å². The van der Waals surface area contributed by atoms with E-state index in [0.29, 0.717) is 17.7 Å². The van der Waals surface area contributed by atoms with Crippen LogP contribution in [0.5, 0.6) is 0 Å². The second kappa shape index (κ2) is 7.40. The first-order chi connectivity index (χ1) is 11.1. The van der Waals surface area contributed by atoms with Crippen molar-refractivity contribution in [3.05, 3.63) is 17.0 Å². The van der Waals surface area contributed by atoms with Gasteiger partial charge in [-0.05, 0) is 25.0 Å². The third-order valence-corrected chi connectivity index (χ3v) is 6.97. The van der Waals surface area contributed by atoms with Crippen molar-refractivity contribution in [1.82, 2.24) is 10.0 Å². The molecule has 2 rings (SSSR count). The van der Waals surface area contributed by atoms with E-state index in [1.807, 2.05) is 0 Å². The van der Waals surface area contributed by atoms with Crippen LogP contribution in [0.1, 0.15) is 37.5 Å². The molecule has 10 heteroatoms. The van der Waals surface area contributed by atoms with Crippen LogP contribution >= 0.6 is 11.3 Å². The molecule has 136 valence electrons. The lowest BCUT2D eigenvalue weighted by Gasteiger charge is -2.33. The van der Waals surface area contributed by atoms with Crippen LogP contribution in [0.3, 0.4) is 0 Å². The minimum absolute atomic E-state index is 0.0469. The molecule has 24 heavy (non-hydrogen) atoms. The molecule has 0 aromatic carbocycles. The van der Waals surface area contributed by atoms with Crippen LogP contribution < -0.4 is 10.0 Å². The number of thiophene rings is 1. The Kier molecular flexibility index (Phi) is 5.92. The number of nitrogens with one attached hydrogen (secondary N) is 2. The van der Waals surface area contributed by atoms with Crippen molar-refractivity contribution in [2.75, 3.05) is 0 Å². The summed E-state index contributed by atoms with van der Waals surface area (Å²) in [6.45, 7) is 1.53. The van der Waals surface area contributed by atoms with Crippen LogP contribution in [0.2, 0.25) is 0 Å². The molecule has 2 unspecified atom stereocenters. The molecule has 2 N–H and O–H groups in total. The molecule has 1 aliphatic carbocycles. The predicted octanol–water partition coefficient (Wildman–Crippen LogP) is 2.78. The van der Waals surface area contributed by atoms with E-state index in [1.54, 1.807) is 0 Å². The molecule has 5 nitrogen and oxygen atoms in total. The number of hydrogen-bond acceptors (Lipinski definition) is 4. The number of alkyl halides is 3. The Labute approximate surface area is 142 Å². The summed E-state index contributed by atoms with van der Waals surface area (Å²) >= 11 is 0.933. The van der Waals surface area contributed by atoms with Gasteiger partial charge in [-0.25, -0.2) is 13.1 Å². The molecule has 0 bridgehead atoms. The van der Waals surface area contributed by atoms with Crippen molar-refractivity contribution in [2.45, 2.75) is 55.6 Å². The van der Waals surface area contributed by atoms with E-state index >= 15 is 0 Å². The Hall–Kier alpha value is -1.13. The predicted molar refractivity (Wildman–Crippen MR) is 84.0 cm³/mol. The van der Waals surface area contributed by atoms with Crippen LogP contribution in [-0.2, 0) is 21.4 Å². The number of carbonyl (C=O) groups excluding carboxylic acids is 1. The molecule has 1 saturated carbocycles. The first kappa shape index (κ1) is 19.2. The van der Waals surface area contributed by atoms with Gasteiger partial charge in [0, 0.05) is 17.8 Å². The molecule has 1 fully saturated rings. The van der Waals surface area contributed by atoms with Gasteiger partial charge in [0.1, 0.15) is 4.21 Å². The summed E-state index contributed by atoms with van der Waals surface area (Å²) in [6.07, 6.45) is -3.29. The highest BCUT2D eigenvalue weighted by Gasteiger charge is 2.46. The first-order valence-electron chi connectivity index (χ1n) is 7.52. The molecule has 1 amide bonds. The zero-order chi connectivity index (χ0) is 18.0. The number of rotatable bonds is 5. The van der Waals surface area contributed by atoms with Crippen molar-refractivity contribution >= 4 is 27.3 Å². The maximum atomic E-state index is 13.1. The SMILES string of the molecule is CC(=O)NCc1ccc(S(=O)(=O)NC2CCCCC2C(F)(F)F)s1. The van der Waals surface area contributed by atoms with Crippen molar-refractivity contribution in [3.8, 4) is 0 Å². The number of carbonyl (C=O) groups is 1. The summed E-state index contributed by atoms with van der Waals surface area (Å²) < 4.78 is 66.1. The van der Waals surface area contributed by atoms with Gasteiger partial charge in [-0.3, -0.25) is 4.79 Å². The minimum atomic E-state index is -4.42. The highest BCUT2D eigenvalue weighted by atomic mass is 32.2. The number of halogens is 3. The average Bonchev–Trinajstić information content (AvgIpc) is 2.94. The van der Waals surface area contributed by atoms with Gasteiger partial charge in [-0.2, -0.15) is 13.2 Å². The summed E-state index contributed by atoms with van der Waals surface area (Å²) in [7, 11) is -4.02. The van der Waals surface area contributed by atoms with Gasteiger partial charge in [0.15, 0.2) is 0 Å². The zero-order valence-corrected chi connectivity index (χ0v) is 14.7. The third-order valence-electron chi connectivity index (χ3n) is 3.91. The fourth-order valence-corrected chi connectivity index (χ4v) is 5.35. The maximum absolute atomic E-state index is 13.1. The molecule has 0 radical (unpaired) electrons. The Morgan fingerprint density at radius 2 is 1.96 bits per heavy atom. The Morgan fingerprint density at radius 3 is 2.58 bits per heavy atom. The van der Waals surface area contributed by atoms with E-state index in [4.69, 9.17) is 0 Å². The molecule has 1 aromatic rings. The van der Waals surface area contributed by atoms with E-state index in [1.165, 1.54) is 19.1 Å². The molecule has 1 aromatic heterocycles. The van der Waals surface area contributed by atoms with Crippen LogP contribution in [0.15, 0.2) is 16.3 Å². The molecule has 0 spiro atoms. The van der Waals surface area contributed by atoms with Gasteiger partial charge in [0.2, 0.25) is 15.9 Å². The van der Waals surface area contributed by atoms with Crippen LogP contribution in [0, 0.1) is 5.92 Å². The van der Waals surface area contributed by atoms with Gasteiger partial charge < -0.3 is 5.32 Å². The molecular formula is C14H19F3N2O3S2. The second-order valence-electron chi connectivity index (χ2n) is 5.79. The molecular weight excluding hydrogens is 365 g/mol. The number of hydrogen-bond donors (Lipinski definition) is 2. The number of amides is 1. The van der Waals surface area contributed by atoms with Crippen LogP contribution in [-0.4, -0.2) is 26.5 Å². The second-order valence-corrected chi connectivity index (χ2v) is 8.90. The first-order valence-corrected chi connectivity index (χ1v) is 9.82. The maximum Gasteiger partial charge on any atom is 0.393 e. The van der Waals surface area contributed by atoms with Gasteiger partial charge >= 0.3 is 6.18 Å². The van der Waals surface area contributed by atoms with Crippen molar-refractivity contribution in [1.29, 1.82) is 0 Å². The van der Waals surface area contributed by atoms with Crippen molar-refractivity contribution in [3.63, 3.8) is 0 Å². The summed E-state index contributed by atoms with van der Waals surface area (Å²) in [5.74, 6) is -1.90. The van der Waals surface area contributed by atoms with E-state index in [2.05, 4.69) is 10.0 Å². The summed E-state index contributed by atoms with van der Waals surface area (Å²) in [5, 5.41) is 2.54. The molecule has 2 atom stereocenters. The fourth-order valence-electron chi connectivity index (χ4n) is 2.73. The zero-order valence-electron chi connectivity index (χ0n) is 13.0. The fraction of sp³-hybridized carbons (Fsp3) is 0.643. The van der Waals surface area contributed by atoms with Gasteiger partial charge in [-0.1, -0.05) is 12.8 Å². The summed E-state index contributed by atoms with van der Waals surface area (Å²) in [4.78, 5) is 11.5. The van der Waals surface area contributed by atoms with E-state index in [-0.39, 0.29) is 29.5 Å². The lowest BCUT2D eigenvalue weighted by Crippen LogP contribution is -2.47. The lowest BCUT2D eigenvalue weighted by molar-refractivity contribution is -0.187.